The Morgan fingerprint density at radius 2 is 1.91 bits per heavy atom. The molecule has 1 aromatic heterocycles. The average molecular weight is 606 g/mol. The van der Waals surface area contributed by atoms with Gasteiger partial charge in [0.1, 0.15) is 12.4 Å². The molecule has 0 bridgehead atoms. The summed E-state index contributed by atoms with van der Waals surface area (Å²) in [4.78, 5) is 21.4. The van der Waals surface area contributed by atoms with Crippen LogP contribution in [-0.4, -0.2) is 79.6 Å². The van der Waals surface area contributed by atoms with Crippen molar-refractivity contribution < 1.29 is 24.1 Å². The summed E-state index contributed by atoms with van der Waals surface area (Å²) in [6.45, 7) is 10.0. The van der Waals surface area contributed by atoms with Crippen LogP contribution in [0.3, 0.4) is 0 Å². The zero-order chi connectivity index (χ0) is 29.9. The number of aryl methyl sites for hydroxylation is 1. The van der Waals surface area contributed by atoms with Crippen molar-refractivity contribution in [2.45, 2.75) is 64.7 Å². The first-order valence-electron chi connectivity index (χ1n) is 15.5. The van der Waals surface area contributed by atoms with E-state index in [1.165, 1.54) is 22.3 Å². The number of carboxylic acid groups (broad SMARTS) is 1. The van der Waals surface area contributed by atoms with Gasteiger partial charge in [0.05, 0.1) is 17.7 Å². The van der Waals surface area contributed by atoms with Crippen molar-refractivity contribution in [3.05, 3.63) is 63.5 Å². The van der Waals surface area contributed by atoms with E-state index >= 15 is 0 Å². The van der Waals surface area contributed by atoms with Crippen molar-refractivity contribution in [3.63, 3.8) is 0 Å². The lowest BCUT2D eigenvalue weighted by Crippen LogP contribution is -2.47. The van der Waals surface area contributed by atoms with Crippen LogP contribution in [-0.2, 0) is 33.7 Å². The van der Waals surface area contributed by atoms with Gasteiger partial charge in [-0.2, -0.15) is 0 Å². The molecule has 1 N–H and O–H groups in total. The minimum absolute atomic E-state index is 0.356. The molecule has 2 fully saturated rings. The predicted octanol–water partition coefficient (Wildman–Crippen LogP) is 5.51. The molecule has 3 aliphatic heterocycles. The van der Waals surface area contributed by atoms with Gasteiger partial charge in [-0.25, -0.2) is 4.98 Å². The van der Waals surface area contributed by atoms with Gasteiger partial charge in [-0.05, 0) is 79.8 Å². The van der Waals surface area contributed by atoms with Gasteiger partial charge < -0.3 is 24.2 Å². The predicted molar refractivity (Wildman–Crippen MR) is 169 cm³/mol. The molecule has 8 nitrogen and oxygen atoms in total. The van der Waals surface area contributed by atoms with Gasteiger partial charge >= 0.3 is 5.97 Å². The number of thiazole rings is 1. The molecule has 3 aliphatic rings. The number of aliphatic carboxylic acids is 1. The number of fused-ring (bicyclic) bond motifs is 1. The summed E-state index contributed by atoms with van der Waals surface area (Å²) in [6.07, 6.45) is 4.65. The number of benzene rings is 2. The van der Waals surface area contributed by atoms with Gasteiger partial charge in [0.15, 0.2) is 5.13 Å². The minimum Gasteiger partial charge on any atom is -0.488 e. The number of piperidine rings is 1. The molecule has 4 heterocycles. The molecular formula is C34H43N3O5S. The number of hydrogen-bond donors (Lipinski definition) is 1. The van der Waals surface area contributed by atoms with E-state index in [2.05, 4.69) is 53.3 Å². The number of ether oxygens (including phenoxy) is 3. The molecule has 0 saturated carbocycles. The maximum Gasteiger partial charge on any atom is 0.309 e. The molecule has 2 saturated heterocycles. The number of carbonyl (C=O) groups is 1. The van der Waals surface area contributed by atoms with Crippen LogP contribution in [0, 0.1) is 19.8 Å². The Balaban J connectivity index is 1.16. The number of aromatic nitrogens is 1. The van der Waals surface area contributed by atoms with Crippen LogP contribution in [0.2, 0.25) is 0 Å². The molecule has 0 radical (unpaired) electrons. The highest BCUT2D eigenvalue weighted by Crippen LogP contribution is 2.37. The second-order valence-corrected chi connectivity index (χ2v) is 12.9. The molecule has 6 rings (SSSR count). The molecule has 9 heteroatoms. The topological polar surface area (TPSA) is 84.4 Å². The number of para-hydroxylation sites is 1. The Hall–Kier alpha value is -2.98. The maximum absolute atomic E-state index is 11.6. The number of anilines is 1. The number of hydrogen-bond acceptors (Lipinski definition) is 8. The lowest BCUT2D eigenvalue weighted by Gasteiger charge is -2.35. The SMILES string of the molecule is CO[C@H]1CN(c2nc(-c3cccc(C)c3OCc3ccc4c(c3C)CCN(C3CCOCC3)CC4)cs2)CC[C@H]1C(=O)O. The summed E-state index contributed by atoms with van der Waals surface area (Å²) in [7, 11) is 1.58. The fourth-order valence-corrected chi connectivity index (χ4v) is 7.85. The molecule has 230 valence electrons. The Kier molecular flexibility index (Phi) is 9.33. The third-order valence-electron chi connectivity index (χ3n) is 9.63. The molecule has 2 aromatic carbocycles. The highest BCUT2D eigenvalue weighted by atomic mass is 32.1. The van der Waals surface area contributed by atoms with Crippen LogP contribution in [0.5, 0.6) is 5.75 Å². The zero-order valence-electron chi connectivity index (χ0n) is 25.5. The third kappa shape index (κ3) is 6.45. The van der Waals surface area contributed by atoms with Gasteiger partial charge in [0.25, 0.3) is 0 Å². The number of nitrogens with zero attached hydrogens (tertiary/aromatic N) is 3. The van der Waals surface area contributed by atoms with Crippen LogP contribution >= 0.6 is 11.3 Å². The maximum atomic E-state index is 11.6. The largest absolute Gasteiger partial charge is 0.488 e. The van der Waals surface area contributed by atoms with Gasteiger partial charge in [-0.15, -0.1) is 11.3 Å². The van der Waals surface area contributed by atoms with Crippen molar-refractivity contribution in [1.82, 2.24) is 9.88 Å². The molecule has 43 heavy (non-hydrogen) atoms. The third-order valence-corrected chi connectivity index (χ3v) is 10.5. The normalized spacial score (nSPS) is 21.8. The smallest absolute Gasteiger partial charge is 0.309 e. The fourth-order valence-electron chi connectivity index (χ4n) is 6.99. The van der Waals surface area contributed by atoms with Crippen LogP contribution in [0.15, 0.2) is 35.7 Å². The number of methoxy groups -OCH3 is 1. The van der Waals surface area contributed by atoms with Crippen molar-refractivity contribution in [2.75, 3.05) is 51.4 Å². The van der Waals surface area contributed by atoms with Crippen molar-refractivity contribution >= 4 is 22.4 Å². The summed E-state index contributed by atoms with van der Waals surface area (Å²) in [5.41, 5.74) is 8.49. The minimum atomic E-state index is -0.797. The monoisotopic (exact) mass is 605 g/mol. The molecular weight excluding hydrogens is 562 g/mol. The molecule has 0 spiro atoms. The van der Waals surface area contributed by atoms with E-state index in [-0.39, 0.29) is 6.10 Å². The summed E-state index contributed by atoms with van der Waals surface area (Å²) < 4.78 is 17.7. The van der Waals surface area contributed by atoms with Crippen molar-refractivity contribution in [2.24, 2.45) is 5.92 Å². The Morgan fingerprint density at radius 3 is 2.70 bits per heavy atom. The van der Waals surface area contributed by atoms with Gasteiger partial charge in [-0.1, -0.05) is 24.3 Å². The Morgan fingerprint density at radius 1 is 1.09 bits per heavy atom. The highest BCUT2D eigenvalue weighted by molar-refractivity contribution is 7.14. The van der Waals surface area contributed by atoms with E-state index in [9.17, 15) is 9.90 Å². The first-order valence-corrected chi connectivity index (χ1v) is 16.4. The lowest BCUT2D eigenvalue weighted by atomic mass is 9.94. The van der Waals surface area contributed by atoms with Crippen molar-refractivity contribution in [1.29, 1.82) is 0 Å². The fraction of sp³-hybridized carbons (Fsp3) is 0.529. The van der Waals surface area contributed by atoms with E-state index in [0.29, 0.717) is 32.2 Å². The van der Waals surface area contributed by atoms with E-state index in [4.69, 9.17) is 19.2 Å². The van der Waals surface area contributed by atoms with E-state index in [0.717, 1.165) is 79.7 Å². The summed E-state index contributed by atoms with van der Waals surface area (Å²) >= 11 is 1.58. The van der Waals surface area contributed by atoms with Gasteiger partial charge in [-0.3, -0.25) is 9.69 Å². The van der Waals surface area contributed by atoms with Crippen LogP contribution in [0.4, 0.5) is 5.13 Å². The molecule has 0 aliphatic carbocycles. The van der Waals surface area contributed by atoms with Gasteiger partial charge in [0, 0.05) is 63.5 Å². The quantitative estimate of drug-likeness (QED) is 0.360. The number of carboxylic acids is 1. The summed E-state index contributed by atoms with van der Waals surface area (Å²) in [6, 6.07) is 11.4. The first kappa shape index (κ1) is 30.1. The summed E-state index contributed by atoms with van der Waals surface area (Å²) in [5.74, 6) is -0.423. The zero-order valence-corrected chi connectivity index (χ0v) is 26.3. The van der Waals surface area contributed by atoms with E-state index in [1.54, 1.807) is 18.4 Å². The average Bonchev–Trinajstić information content (AvgIpc) is 3.41. The molecule has 2 atom stereocenters. The Bertz CT molecular complexity index is 1440. The lowest BCUT2D eigenvalue weighted by molar-refractivity contribution is -0.147. The first-order chi connectivity index (χ1) is 20.9. The Labute approximate surface area is 258 Å². The van der Waals surface area contributed by atoms with Gasteiger partial charge in [0.2, 0.25) is 0 Å². The molecule has 0 unspecified atom stereocenters. The van der Waals surface area contributed by atoms with Crippen molar-refractivity contribution in [3.8, 4) is 17.0 Å². The summed E-state index contributed by atoms with van der Waals surface area (Å²) in [5, 5.41) is 12.5. The standard InChI is InChI=1S/C34H43N3O5S/c1-22-5-4-6-28(30-21-43-34(35-30)37-16-11-29(33(38)39)31(19-37)40-3)32(22)42-20-25-8-7-24-9-14-36(15-10-27(24)23(25)2)26-12-17-41-18-13-26/h4-8,21,26,29,31H,9-20H2,1-3H3,(H,38,39)/t29-,31+/m1/s1. The van der Waals surface area contributed by atoms with Crippen LogP contribution < -0.4 is 9.64 Å². The molecule has 0 amide bonds. The van der Waals surface area contributed by atoms with E-state index < -0.39 is 11.9 Å². The highest BCUT2D eigenvalue weighted by Gasteiger charge is 2.35. The second kappa shape index (κ2) is 13.3. The van der Waals surface area contributed by atoms with E-state index in [1.807, 2.05) is 6.07 Å². The number of rotatable bonds is 8. The van der Waals surface area contributed by atoms with Crippen LogP contribution in [0.25, 0.3) is 11.3 Å². The van der Waals surface area contributed by atoms with Crippen LogP contribution in [0.1, 0.15) is 47.1 Å². The second-order valence-electron chi connectivity index (χ2n) is 12.1. The molecule has 3 aromatic rings.